The number of carbonyl (C=O) groups is 1. The molecule has 2 aromatic carbocycles. The molecule has 0 unspecified atom stereocenters. The third kappa shape index (κ3) is 7.25. The molecule has 2 aromatic rings. The van der Waals surface area contributed by atoms with Crippen LogP contribution in [0.4, 0.5) is 40.8 Å². The lowest BCUT2D eigenvalue weighted by Crippen LogP contribution is -2.20. The number of amides is 1. The van der Waals surface area contributed by atoms with E-state index in [1.165, 1.54) is 0 Å². The van der Waals surface area contributed by atoms with Crippen molar-refractivity contribution >= 4 is 23.2 Å². The van der Waals surface area contributed by atoms with Crippen molar-refractivity contribution in [3.63, 3.8) is 0 Å². The zero-order chi connectivity index (χ0) is 22.7. The van der Waals surface area contributed by atoms with Gasteiger partial charge >= 0.3 is 12.4 Å². The van der Waals surface area contributed by atoms with Crippen LogP contribution < -0.4 is 14.8 Å². The van der Waals surface area contributed by atoms with Crippen molar-refractivity contribution in [2.45, 2.75) is 12.4 Å². The number of alkyl halides is 6. The van der Waals surface area contributed by atoms with Gasteiger partial charge in [-0.2, -0.15) is 26.3 Å². The van der Waals surface area contributed by atoms with Crippen LogP contribution in [0.15, 0.2) is 30.3 Å². The van der Waals surface area contributed by atoms with Gasteiger partial charge in [0.1, 0.15) is 11.5 Å². The topological polar surface area (TPSA) is 47.6 Å². The molecule has 4 nitrogen and oxygen atoms in total. The summed E-state index contributed by atoms with van der Waals surface area (Å²) in [7, 11) is 0. The van der Waals surface area contributed by atoms with Crippen LogP contribution in [0.1, 0.15) is 10.4 Å². The van der Waals surface area contributed by atoms with Crippen LogP contribution in [0, 0.1) is 11.6 Å². The van der Waals surface area contributed by atoms with Gasteiger partial charge < -0.3 is 14.8 Å². The summed E-state index contributed by atoms with van der Waals surface area (Å²) in [6.45, 7) is -3.53. The normalized spacial score (nSPS) is 11.9. The molecule has 0 atom stereocenters. The number of carbonyl (C=O) groups excluding carboxylic acids is 1. The van der Waals surface area contributed by atoms with Gasteiger partial charge in [-0.05, 0) is 12.1 Å². The average molecular weight is 464 g/mol. The largest absolute Gasteiger partial charge is 0.484 e. The Morgan fingerprint density at radius 3 is 1.77 bits per heavy atom. The molecule has 0 aromatic heterocycles. The van der Waals surface area contributed by atoms with Crippen molar-refractivity contribution in [1.82, 2.24) is 0 Å². The first-order valence-corrected chi connectivity index (χ1v) is 8.11. The summed E-state index contributed by atoms with van der Waals surface area (Å²) >= 11 is 5.66. The van der Waals surface area contributed by atoms with Gasteiger partial charge in [0, 0.05) is 23.9 Å². The molecule has 13 heteroatoms. The highest BCUT2D eigenvalue weighted by Gasteiger charge is 2.30. The smallest absolute Gasteiger partial charge is 0.422 e. The van der Waals surface area contributed by atoms with Crippen LogP contribution in [0.25, 0.3) is 0 Å². The Morgan fingerprint density at radius 2 is 1.30 bits per heavy atom. The minimum absolute atomic E-state index is 0.349. The first-order valence-electron chi connectivity index (χ1n) is 7.73. The fourth-order valence-electron chi connectivity index (χ4n) is 2.04. The number of anilines is 1. The zero-order valence-corrected chi connectivity index (χ0v) is 15.2. The van der Waals surface area contributed by atoms with E-state index in [2.05, 4.69) is 14.8 Å². The number of halogens is 9. The van der Waals surface area contributed by atoms with Crippen LogP contribution in [-0.4, -0.2) is 31.5 Å². The molecule has 0 spiro atoms. The van der Waals surface area contributed by atoms with Gasteiger partial charge in [-0.25, -0.2) is 8.78 Å². The first-order chi connectivity index (χ1) is 13.7. The van der Waals surface area contributed by atoms with Crippen molar-refractivity contribution in [1.29, 1.82) is 0 Å². The maximum atomic E-state index is 13.3. The molecule has 0 aliphatic rings. The van der Waals surface area contributed by atoms with Gasteiger partial charge in [0.25, 0.3) is 5.91 Å². The van der Waals surface area contributed by atoms with Crippen LogP contribution in [0.2, 0.25) is 5.02 Å². The number of hydrogen-bond donors (Lipinski definition) is 1. The van der Waals surface area contributed by atoms with Crippen molar-refractivity contribution in [3.8, 4) is 11.5 Å². The number of hydrogen-bond acceptors (Lipinski definition) is 3. The van der Waals surface area contributed by atoms with Crippen molar-refractivity contribution < 1.29 is 49.4 Å². The molecule has 0 radical (unpaired) electrons. The standard InChI is InChI=1S/C17H10ClF8NO3/c18-12-5-14(20)13(19)4-11(12)15(28)27-8-1-9(29-6-16(21,22)23)3-10(2-8)30-7-17(24,25)26/h1-5H,6-7H2,(H,27,28). The molecule has 0 saturated carbocycles. The Hall–Kier alpha value is -2.76. The third-order valence-corrected chi connectivity index (χ3v) is 3.51. The summed E-state index contributed by atoms with van der Waals surface area (Å²) in [4.78, 5) is 12.2. The summed E-state index contributed by atoms with van der Waals surface area (Å²) in [5.74, 6) is -4.99. The maximum absolute atomic E-state index is 13.3. The maximum Gasteiger partial charge on any atom is 0.422 e. The van der Waals surface area contributed by atoms with E-state index in [9.17, 15) is 39.9 Å². The highest BCUT2D eigenvalue weighted by Crippen LogP contribution is 2.30. The van der Waals surface area contributed by atoms with E-state index >= 15 is 0 Å². The minimum atomic E-state index is -4.74. The van der Waals surface area contributed by atoms with Crippen molar-refractivity contribution in [2.24, 2.45) is 0 Å². The molecular weight excluding hydrogens is 454 g/mol. The minimum Gasteiger partial charge on any atom is -0.484 e. The molecule has 0 bridgehead atoms. The van der Waals surface area contributed by atoms with E-state index in [0.29, 0.717) is 12.1 Å². The number of nitrogens with one attached hydrogen (secondary N) is 1. The Labute approximate surface area is 168 Å². The second-order valence-corrected chi connectivity index (χ2v) is 6.11. The zero-order valence-electron chi connectivity index (χ0n) is 14.4. The van der Waals surface area contributed by atoms with Crippen LogP contribution in [0.5, 0.6) is 11.5 Å². The predicted octanol–water partition coefficient (Wildman–Crippen LogP) is 5.75. The lowest BCUT2D eigenvalue weighted by Gasteiger charge is -2.15. The molecule has 30 heavy (non-hydrogen) atoms. The van der Waals surface area contributed by atoms with Crippen LogP contribution in [-0.2, 0) is 0 Å². The van der Waals surface area contributed by atoms with Crippen molar-refractivity contribution in [2.75, 3.05) is 18.5 Å². The molecule has 2 rings (SSSR count). The van der Waals surface area contributed by atoms with E-state index in [1.54, 1.807) is 0 Å². The summed E-state index contributed by atoms with van der Waals surface area (Å²) < 4.78 is 109. The van der Waals surface area contributed by atoms with E-state index in [4.69, 9.17) is 11.6 Å². The van der Waals surface area contributed by atoms with Crippen LogP contribution in [0.3, 0.4) is 0 Å². The van der Waals surface area contributed by atoms with Gasteiger partial charge in [-0.1, -0.05) is 11.6 Å². The van der Waals surface area contributed by atoms with Crippen molar-refractivity contribution in [3.05, 3.63) is 52.6 Å². The third-order valence-electron chi connectivity index (χ3n) is 3.20. The highest BCUT2D eigenvalue weighted by molar-refractivity contribution is 6.34. The van der Waals surface area contributed by atoms with E-state index in [1.807, 2.05) is 0 Å². The van der Waals surface area contributed by atoms with Gasteiger partial charge in [0.05, 0.1) is 10.6 Å². The summed E-state index contributed by atoms with van der Waals surface area (Å²) in [5, 5.41) is 1.60. The Balaban J connectivity index is 2.30. The van der Waals surface area contributed by atoms with E-state index in [0.717, 1.165) is 18.2 Å². The van der Waals surface area contributed by atoms with Gasteiger partial charge in [-0.3, -0.25) is 4.79 Å². The first kappa shape index (κ1) is 23.5. The molecule has 0 fully saturated rings. The Morgan fingerprint density at radius 1 is 0.833 bits per heavy atom. The number of ether oxygens (including phenoxy) is 2. The fourth-order valence-corrected chi connectivity index (χ4v) is 2.27. The molecule has 0 aliphatic carbocycles. The highest BCUT2D eigenvalue weighted by atomic mass is 35.5. The van der Waals surface area contributed by atoms with E-state index in [-0.39, 0.29) is 5.69 Å². The second kappa shape index (κ2) is 8.94. The molecule has 0 saturated heterocycles. The summed E-state index contributed by atoms with van der Waals surface area (Å²) in [5.41, 5.74) is -0.882. The number of rotatable bonds is 6. The average Bonchev–Trinajstić information content (AvgIpc) is 2.60. The number of benzene rings is 2. The van der Waals surface area contributed by atoms with Gasteiger partial charge in [0.15, 0.2) is 24.8 Å². The predicted molar refractivity (Wildman–Crippen MR) is 88.9 cm³/mol. The van der Waals surface area contributed by atoms with Gasteiger partial charge in [0.2, 0.25) is 0 Å². The van der Waals surface area contributed by atoms with E-state index < -0.39 is 65.2 Å². The quantitative estimate of drug-likeness (QED) is 0.438. The summed E-state index contributed by atoms with van der Waals surface area (Å²) in [6, 6.07) is 3.46. The monoisotopic (exact) mass is 463 g/mol. The summed E-state index contributed by atoms with van der Waals surface area (Å²) in [6.07, 6.45) is -9.49. The molecule has 1 N–H and O–H groups in total. The lowest BCUT2D eigenvalue weighted by molar-refractivity contribution is -0.153. The SMILES string of the molecule is O=C(Nc1cc(OCC(F)(F)F)cc(OCC(F)(F)F)c1)c1cc(F)c(F)cc1Cl. The molecule has 164 valence electrons. The Bertz CT molecular complexity index is 894. The lowest BCUT2D eigenvalue weighted by atomic mass is 10.2. The molecule has 1 amide bonds. The van der Waals surface area contributed by atoms with Gasteiger partial charge in [-0.15, -0.1) is 0 Å². The molecule has 0 heterocycles. The molecular formula is C17H10ClF8NO3. The Kier molecular flexibility index (Phi) is 7.01. The fraction of sp³-hybridized carbons (Fsp3) is 0.235. The second-order valence-electron chi connectivity index (χ2n) is 5.70. The van der Waals surface area contributed by atoms with Crippen LogP contribution >= 0.6 is 11.6 Å². The molecule has 0 aliphatic heterocycles.